The van der Waals surface area contributed by atoms with Crippen LogP contribution in [-0.2, 0) is 42.5 Å². The fraction of sp³-hybridized carbons (Fsp3) is 0.296. The van der Waals surface area contributed by atoms with E-state index in [2.05, 4.69) is 0 Å². The van der Waals surface area contributed by atoms with Crippen LogP contribution in [0.2, 0.25) is 0 Å². The van der Waals surface area contributed by atoms with Crippen LogP contribution in [-0.4, -0.2) is 18.2 Å². The van der Waals surface area contributed by atoms with Crippen molar-refractivity contribution in [2.24, 2.45) is 0 Å². The standard InChI is InChI=1S/C27H31O6P/c1-27(2,3)33-26(28)20-30-25-16-14-24(15-17-25)21-34(29,31-18-22-10-6-4-7-11-22)32-19-23-12-8-5-9-13-23/h4-17H,18-21H2,1-3H3. The van der Waals surface area contributed by atoms with Gasteiger partial charge in [0.1, 0.15) is 11.4 Å². The highest BCUT2D eigenvalue weighted by Crippen LogP contribution is 2.53. The molecule has 3 rings (SSSR count). The highest BCUT2D eigenvalue weighted by molar-refractivity contribution is 7.52. The Hall–Kier alpha value is -2.92. The maximum atomic E-state index is 13.6. The maximum Gasteiger partial charge on any atom is 0.344 e. The van der Waals surface area contributed by atoms with Crippen molar-refractivity contribution in [1.82, 2.24) is 0 Å². The molecular formula is C27H31O6P. The number of esters is 1. The Bertz CT molecular complexity index is 1030. The predicted octanol–water partition coefficient (Wildman–Crippen LogP) is 6.53. The Balaban J connectivity index is 1.63. The zero-order valence-electron chi connectivity index (χ0n) is 19.8. The monoisotopic (exact) mass is 482 g/mol. The molecule has 180 valence electrons. The van der Waals surface area contributed by atoms with E-state index in [4.69, 9.17) is 18.5 Å². The van der Waals surface area contributed by atoms with E-state index < -0.39 is 19.2 Å². The lowest BCUT2D eigenvalue weighted by molar-refractivity contribution is -0.157. The summed E-state index contributed by atoms with van der Waals surface area (Å²) in [6.07, 6.45) is 0.110. The summed E-state index contributed by atoms with van der Waals surface area (Å²) in [7, 11) is -3.46. The second-order valence-corrected chi connectivity index (χ2v) is 10.9. The highest BCUT2D eigenvalue weighted by Gasteiger charge is 2.26. The third-order valence-corrected chi connectivity index (χ3v) is 6.42. The van der Waals surface area contributed by atoms with Crippen molar-refractivity contribution in [3.8, 4) is 5.75 Å². The molecule has 0 N–H and O–H groups in total. The van der Waals surface area contributed by atoms with Gasteiger partial charge in [-0.05, 0) is 49.6 Å². The molecule has 0 spiro atoms. The van der Waals surface area contributed by atoms with Gasteiger partial charge in [-0.2, -0.15) is 0 Å². The van der Waals surface area contributed by atoms with E-state index in [1.165, 1.54) is 0 Å². The first kappa shape index (κ1) is 25.7. The smallest absolute Gasteiger partial charge is 0.344 e. The molecule has 7 heteroatoms. The lowest BCUT2D eigenvalue weighted by atomic mass is 10.2. The molecule has 0 aliphatic rings. The largest absolute Gasteiger partial charge is 0.482 e. The van der Waals surface area contributed by atoms with Crippen LogP contribution in [0, 0.1) is 0 Å². The molecule has 0 aliphatic heterocycles. The molecule has 0 unspecified atom stereocenters. The second kappa shape index (κ2) is 12.0. The van der Waals surface area contributed by atoms with Gasteiger partial charge in [-0.15, -0.1) is 0 Å². The van der Waals surface area contributed by atoms with Crippen LogP contribution >= 0.6 is 7.60 Å². The summed E-state index contributed by atoms with van der Waals surface area (Å²) in [6.45, 7) is 5.59. The van der Waals surface area contributed by atoms with Crippen molar-refractivity contribution in [2.75, 3.05) is 6.61 Å². The zero-order chi connectivity index (χ0) is 24.4. The summed E-state index contributed by atoms with van der Waals surface area (Å²) in [5.74, 6) is 0.0737. The van der Waals surface area contributed by atoms with Gasteiger partial charge in [0, 0.05) is 0 Å². The third kappa shape index (κ3) is 9.14. The molecule has 0 aliphatic carbocycles. The van der Waals surface area contributed by atoms with Crippen LogP contribution < -0.4 is 4.74 Å². The molecule has 0 bridgehead atoms. The number of carbonyl (C=O) groups excluding carboxylic acids is 1. The third-order valence-electron chi connectivity index (χ3n) is 4.62. The number of benzene rings is 3. The molecule has 0 saturated carbocycles. The minimum atomic E-state index is -3.46. The molecule has 34 heavy (non-hydrogen) atoms. The minimum absolute atomic E-state index is 0.110. The quantitative estimate of drug-likeness (QED) is 0.228. The van der Waals surface area contributed by atoms with Gasteiger partial charge in [0.15, 0.2) is 6.61 Å². The molecule has 0 heterocycles. The summed E-state index contributed by atoms with van der Waals surface area (Å²) in [5.41, 5.74) is 2.04. The molecule has 3 aromatic rings. The van der Waals surface area contributed by atoms with E-state index in [-0.39, 0.29) is 26.0 Å². The van der Waals surface area contributed by atoms with Crippen LogP contribution in [0.15, 0.2) is 84.9 Å². The Morgan fingerprint density at radius 3 is 1.71 bits per heavy atom. The summed E-state index contributed by atoms with van der Waals surface area (Å²) < 4.78 is 36.0. The second-order valence-electron chi connectivity index (χ2n) is 8.81. The van der Waals surface area contributed by atoms with E-state index >= 15 is 0 Å². The number of ether oxygens (including phenoxy) is 2. The number of hydrogen-bond donors (Lipinski definition) is 0. The van der Waals surface area contributed by atoms with Gasteiger partial charge in [0.25, 0.3) is 0 Å². The molecule has 0 aromatic heterocycles. The first-order valence-electron chi connectivity index (χ1n) is 11.1. The van der Waals surface area contributed by atoms with E-state index in [1.807, 2.05) is 60.7 Å². The van der Waals surface area contributed by atoms with Gasteiger partial charge in [-0.25, -0.2) is 4.79 Å². The lowest BCUT2D eigenvalue weighted by Gasteiger charge is -2.20. The first-order valence-corrected chi connectivity index (χ1v) is 12.8. The van der Waals surface area contributed by atoms with Crippen molar-refractivity contribution in [3.63, 3.8) is 0 Å². The number of carbonyl (C=O) groups is 1. The Morgan fingerprint density at radius 1 is 0.735 bits per heavy atom. The number of hydrogen-bond acceptors (Lipinski definition) is 6. The summed E-state index contributed by atoms with van der Waals surface area (Å²) in [5, 5.41) is 0. The van der Waals surface area contributed by atoms with E-state index in [9.17, 15) is 9.36 Å². The van der Waals surface area contributed by atoms with Crippen LogP contribution in [0.25, 0.3) is 0 Å². The van der Waals surface area contributed by atoms with Crippen molar-refractivity contribution in [1.29, 1.82) is 0 Å². The predicted molar refractivity (Wildman–Crippen MR) is 132 cm³/mol. The van der Waals surface area contributed by atoms with E-state index in [1.54, 1.807) is 45.0 Å². The van der Waals surface area contributed by atoms with Crippen LogP contribution in [0.5, 0.6) is 5.75 Å². The van der Waals surface area contributed by atoms with Crippen molar-refractivity contribution in [3.05, 3.63) is 102 Å². The van der Waals surface area contributed by atoms with E-state index in [0.29, 0.717) is 5.75 Å². The SMILES string of the molecule is CC(C)(C)OC(=O)COc1ccc(CP(=O)(OCc2ccccc2)OCc2ccccc2)cc1. The Kier molecular flexibility index (Phi) is 9.05. The minimum Gasteiger partial charge on any atom is -0.482 e. The van der Waals surface area contributed by atoms with Crippen molar-refractivity contribution >= 4 is 13.6 Å². The van der Waals surface area contributed by atoms with Crippen molar-refractivity contribution < 1.29 is 27.9 Å². The summed E-state index contributed by atoms with van der Waals surface area (Å²) >= 11 is 0. The Labute approximate surface area is 201 Å². The Morgan fingerprint density at radius 2 is 1.24 bits per heavy atom. The molecule has 0 radical (unpaired) electrons. The van der Waals surface area contributed by atoms with E-state index in [0.717, 1.165) is 16.7 Å². The average molecular weight is 483 g/mol. The fourth-order valence-electron chi connectivity index (χ4n) is 3.05. The zero-order valence-corrected chi connectivity index (χ0v) is 20.7. The summed E-state index contributed by atoms with van der Waals surface area (Å²) in [4.78, 5) is 11.8. The molecule has 3 aromatic carbocycles. The van der Waals surface area contributed by atoms with Gasteiger partial charge in [0.2, 0.25) is 0 Å². The van der Waals surface area contributed by atoms with Gasteiger partial charge in [-0.3, -0.25) is 4.57 Å². The molecular weight excluding hydrogens is 451 g/mol. The lowest BCUT2D eigenvalue weighted by Crippen LogP contribution is -2.27. The average Bonchev–Trinajstić information content (AvgIpc) is 2.82. The molecule has 0 fully saturated rings. The number of rotatable bonds is 11. The van der Waals surface area contributed by atoms with Gasteiger partial charge in [-0.1, -0.05) is 72.8 Å². The topological polar surface area (TPSA) is 71.1 Å². The molecule has 0 saturated heterocycles. The van der Waals surface area contributed by atoms with Crippen LogP contribution in [0.1, 0.15) is 37.5 Å². The maximum absolute atomic E-state index is 13.6. The van der Waals surface area contributed by atoms with Gasteiger partial charge < -0.3 is 18.5 Å². The summed E-state index contributed by atoms with van der Waals surface area (Å²) in [6, 6.07) is 26.1. The first-order chi connectivity index (χ1) is 16.2. The van der Waals surface area contributed by atoms with Crippen LogP contribution in [0.4, 0.5) is 0 Å². The highest BCUT2D eigenvalue weighted by atomic mass is 31.2. The molecule has 6 nitrogen and oxygen atoms in total. The van der Waals surface area contributed by atoms with Gasteiger partial charge in [0.05, 0.1) is 19.4 Å². The molecule has 0 amide bonds. The normalized spacial score (nSPS) is 11.7. The fourth-order valence-corrected chi connectivity index (χ4v) is 4.66. The van der Waals surface area contributed by atoms with Crippen LogP contribution in [0.3, 0.4) is 0 Å². The van der Waals surface area contributed by atoms with Crippen molar-refractivity contribution in [2.45, 2.75) is 45.7 Å². The molecule has 0 atom stereocenters. The van der Waals surface area contributed by atoms with Gasteiger partial charge >= 0.3 is 13.6 Å².